The monoisotopic (exact) mass is 430 g/mol. The van der Waals surface area contributed by atoms with Crippen molar-refractivity contribution in [2.24, 2.45) is 0 Å². The predicted molar refractivity (Wildman–Crippen MR) is 127 cm³/mol. The van der Waals surface area contributed by atoms with Crippen LogP contribution in [0.5, 0.6) is 0 Å². The van der Waals surface area contributed by atoms with Crippen LogP contribution in [-0.2, 0) is 0 Å². The third-order valence-corrected chi connectivity index (χ3v) is 7.12. The highest BCUT2D eigenvalue weighted by molar-refractivity contribution is 5.98. The molecule has 2 aromatic carbocycles. The van der Waals surface area contributed by atoms with Crippen LogP contribution in [0.2, 0.25) is 0 Å². The van der Waals surface area contributed by atoms with Crippen LogP contribution < -0.4 is 10.6 Å². The van der Waals surface area contributed by atoms with E-state index in [1.165, 1.54) is 37.4 Å². The van der Waals surface area contributed by atoms with Gasteiger partial charge in [0.25, 0.3) is 0 Å². The van der Waals surface area contributed by atoms with Gasteiger partial charge in [-0.2, -0.15) is 0 Å². The molecule has 4 aromatic rings. The zero-order valence-electron chi connectivity index (χ0n) is 18.0. The number of piperazine rings is 1. The molecule has 1 saturated carbocycles. The number of nitrogens with one attached hydrogen (secondary N) is 1. The Balaban J connectivity index is 1.28. The number of nitrogen functional groups attached to an aromatic ring is 1. The molecule has 6 rings (SSSR count). The number of benzene rings is 2. The fourth-order valence-corrected chi connectivity index (χ4v) is 5.35. The number of H-pyrrole nitrogens is 1. The van der Waals surface area contributed by atoms with Crippen molar-refractivity contribution in [3.63, 3.8) is 0 Å². The van der Waals surface area contributed by atoms with Crippen molar-refractivity contribution in [2.75, 3.05) is 36.8 Å². The zero-order valence-corrected chi connectivity index (χ0v) is 18.0. The highest BCUT2D eigenvalue weighted by Gasteiger charge is 2.26. The lowest BCUT2D eigenvalue weighted by Gasteiger charge is -2.39. The van der Waals surface area contributed by atoms with Gasteiger partial charge >= 0.3 is 0 Å². The van der Waals surface area contributed by atoms with E-state index in [-0.39, 0.29) is 5.82 Å². The first kappa shape index (κ1) is 19.5. The van der Waals surface area contributed by atoms with Crippen LogP contribution in [0.4, 0.5) is 15.8 Å². The summed E-state index contributed by atoms with van der Waals surface area (Å²) in [4.78, 5) is 17.6. The molecule has 0 amide bonds. The van der Waals surface area contributed by atoms with E-state index in [1.54, 1.807) is 18.3 Å². The maximum atomic E-state index is 14.4. The molecule has 0 bridgehead atoms. The molecule has 0 atom stereocenters. The van der Waals surface area contributed by atoms with Gasteiger partial charge in [0, 0.05) is 44.1 Å². The van der Waals surface area contributed by atoms with E-state index in [2.05, 4.69) is 31.9 Å². The third-order valence-electron chi connectivity index (χ3n) is 7.12. The van der Waals surface area contributed by atoms with Gasteiger partial charge in [-0.3, -0.25) is 9.88 Å². The molecule has 164 valence electrons. The Labute approximate surface area is 186 Å². The molecule has 0 unspecified atom stereocenters. The lowest BCUT2D eigenvalue weighted by Crippen LogP contribution is -2.49. The maximum Gasteiger partial charge on any atom is 0.142 e. The summed E-state index contributed by atoms with van der Waals surface area (Å²) in [6.45, 7) is 4.34. The number of hydrogen-bond acceptors (Lipinski definition) is 5. The molecule has 3 N–H and O–H groups in total. The highest BCUT2D eigenvalue weighted by atomic mass is 19.1. The van der Waals surface area contributed by atoms with Crippen molar-refractivity contribution in [2.45, 2.75) is 31.7 Å². The minimum absolute atomic E-state index is 0.339. The molecule has 0 radical (unpaired) electrons. The van der Waals surface area contributed by atoms with Gasteiger partial charge in [0.15, 0.2) is 0 Å². The number of pyridine rings is 1. The number of nitrogens with two attached hydrogens (primary N) is 1. The van der Waals surface area contributed by atoms with E-state index in [0.717, 1.165) is 43.3 Å². The number of anilines is 2. The normalized spacial score (nSPS) is 18.2. The fourth-order valence-electron chi connectivity index (χ4n) is 5.35. The van der Waals surface area contributed by atoms with Crippen LogP contribution in [0.15, 0.2) is 42.6 Å². The number of aromatic amines is 1. The van der Waals surface area contributed by atoms with Crippen LogP contribution in [-0.4, -0.2) is 52.1 Å². The van der Waals surface area contributed by atoms with E-state index in [9.17, 15) is 4.39 Å². The molecule has 2 aromatic heterocycles. The van der Waals surface area contributed by atoms with E-state index in [1.807, 2.05) is 6.07 Å². The van der Waals surface area contributed by atoms with Crippen molar-refractivity contribution in [1.29, 1.82) is 0 Å². The Bertz CT molecular complexity index is 1280. The Hall–Kier alpha value is -3.19. The molecule has 7 heteroatoms. The van der Waals surface area contributed by atoms with Crippen LogP contribution >= 0.6 is 0 Å². The molecule has 0 spiro atoms. The molecule has 32 heavy (non-hydrogen) atoms. The molecule has 1 saturated heterocycles. The van der Waals surface area contributed by atoms with Gasteiger partial charge in [-0.15, -0.1) is 0 Å². The standard InChI is InChI=1S/C25H27FN6/c26-19-6-3-7-21-23(19)24(27)18(15-28-21)25-29-20-9-8-17(14-22(20)30-25)32-12-10-31(11-13-32)16-4-1-2-5-16/h3,6-9,14-16H,1-2,4-5,10-13H2,(H2,27,28)(H,29,30). The molecule has 1 aliphatic heterocycles. The summed E-state index contributed by atoms with van der Waals surface area (Å²) in [5, 5.41) is 0.339. The van der Waals surface area contributed by atoms with Crippen molar-refractivity contribution in [3.8, 4) is 11.4 Å². The number of fused-ring (bicyclic) bond motifs is 2. The Morgan fingerprint density at radius 1 is 1.00 bits per heavy atom. The summed E-state index contributed by atoms with van der Waals surface area (Å²) < 4.78 is 14.4. The second-order valence-electron chi connectivity index (χ2n) is 8.97. The van der Waals surface area contributed by atoms with E-state index < -0.39 is 0 Å². The molecule has 3 heterocycles. The molecule has 1 aliphatic carbocycles. The number of aromatic nitrogens is 3. The van der Waals surface area contributed by atoms with Gasteiger partial charge in [-0.1, -0.05) is 18.9 Å². The SMILES string of the molecule is Nc1c(-c2nc3ccc(N4CCN(C5CCCC5)CC4)cc3[nH]2)cnc2cccc(F)c12. The Morgan fingerprint density at radius 3 is 2.62 bits per heavy atom. The number of hydrogen-bond donors (Lipinski definition) is 2. The quantitative estimate of drug-likeness (QED) is 0.498. The van der Waals surface area contributed by atoms with Gasteiger partial charge in [0.2, 0.25) is 0 Å². The second-order valence-corrected chi connectivity index (χ2v) is 8.97. The van der Waals surface area contributed by atoms with Crippen LogP contribution in [0.25, 0.3) is 33.3 Å². The number of halogens is 1. The van der Waals surface area contributed by atoms with Gasteiger partial charge in [-0.25, -0.2) is 9.37 Å². The van der Waals surface area contributed by atoms with E-state index in [0.29, 0.717) is 28.0 Å². The number of nitrogens with zero attached hydrogens (tertiary/aromatic N) is 4. The molecule has 6 nitrogen and oxygen atoms in total. The predicted octanol–water partition coefficient (Wildman–Crippen LogP) is 4.56. The van der Waals surface area contributed by atoms with Crippen LogP contribution in [0, 0.1) is 5.82 Å². The topological polar surface area (TPSA) is 74.1 Å². The molecule has 2 aliphatic rings. The smallest absolute Gasteiger partial charge is 0.142 e. The summed E-state index contributed by atoms with van der Waals surface area (Å²) in [7, 11) is 0. The zero-order chi connectivity index (χ0) is 21.7. The molecular formula is C25H27FN6. The summed E-state index contributed by atoms with van der Waals surface area (Å²) in [6.07, 6.45) is 7.15. The third kappa shape index (κ3) is 3.28. The van der Waals surface area contributed by atoms with Crippen molar-refractivity contribution in [1.82, 2.24) is 19.9 Å². The van der Waals surface area contributed by atoms with Crippen LogP contribution in [0.1, 0.15) is 25.7 Å². The lowest BCUT2D eigenvalue weighted by molar-refractivity contribution is 0.187. The average molecular weight is 431 g/mol. The van der Waals surface area contributed by atoms with Crippen molar-refractivity contribution < 1.29 is 4.39 Å². The first-order valence-corrected chi connectivity index (χ1v) is 11.5. The number of rotatable bonds is 3. The summed E-state index contributed by atoms with van der Waals surface area (Å²) in [5.41, 5.74) is 10.9. The summed E-state index contributed by atoms with van der Waals surface area (Å²) >= 11 is 0. The lowest BCUT2D eigenvalue weighted by atomic mass is 10.1. The maximum absolute atomic E-state index is 14.4. The number of imidazole rings is 1. The molecule has 2 fully saturated rings. The van der Waals surface area contributed by atoms with E-state index >= 15 is 0 Å². The average Bonchev–Trinajstić information content (AvgIpc) is 3.49. The van der Waals surface area contributed by atoms with Crippen LogP contribution in [0.3, 0.4) is 0 Å². The second kappa shape index (κ2) is 7.74. The minimum Gasteiger partial charge on any atom is -0.397 e. The van der Waals surface area contributed by atoms with Gasteiger partial charge in [0.05, 0.1) is 33.2 Å². The van der Waals surface area contributed by atoms with E-state index in [4.69, 9.17) is 10.7 Å². The largest absolute Gasteiger partial charge is 0.397 e. The first-order chi connectivity index (χ1) is 15.7. The molecular weight excluding hydrogens is 403 g/mol. The highest BCUT2D eigenvalue weighted by Crippen LogP contribution is 2.33. The first-order valence-electron chi connectivity index (χ1n) is 11.5. The summed E-state index contributed by atoms with van der Waals surface area (Å²) in [6, 6.07) is 11.9. The van der Waals surface area contributed by atoms with Gasteiger partial charge in [0.1, 0.15) is 11.6 Å². The van der Waals surface area contributed by atoms with Gasteiger partial charge in [-0.05, 0) is 43.2 Å². The van der Waals surface area contributed by atoms with Crippen molar-refractivity contribution >= 4 is 33.3 Å². The Kier molecular flexibility index (Phi) is 4.72. The van der Waals surface area contributed by atoms with Gasteiger partial charge < -0.3 is 15.6 Å². The fraction of sp³-hybridized carbons (Fsp3) is 0.360. The Morgan fingerprint density at radius 2 is 1.81 bits per heavy atom. The van der Waals surface area contributed by atoms with Crippen molar-refractivity contribution in [3.05, 3.63) is 48.4 Å². The summed E-state index contributed by atoms with van der Waals surface area (Å²) in [5.74, 6) is 0.239. The minimum atomic E-state index is -0.371.